The maximum atomic E-state index is 2.38. The van der Waals surface area contributed by atoms with Gasteiger partial charge in [-0.05, 0) is 47.3 Å². The van der Waals surface area contributed by atoms with Gasteiger partial charge in [0.15, 0.2) is 0 Å². The summed E-state index contributed by atoms with van der Waals surface area (Å²) in [5.41, 5.74) is 4.87. The number of benzene rings is 2. The number of hydrogen-bond acceptors (Lipinski definition) is 0. The lowest BCUT2D eigenvalue weighted by Crippen LogP contribution is -2.20. The summed E-state index contributed by atoms with van der Waals surface area (Å²) in [6, 6.07) is 19.9. The van der Waals surface area contributed by atoms with Crippen molar-refractivity contribution in [3.8, 4) is 0 Å². The van der Waals surface area contributed by atoms with Crippen molar-refractivity contribution < 1.29 is 0 Å². The van der Waals surface area contributed by atoms with E-state index in [0.29, 0.717) is 0 Å². The van der Waals surface area contributed by atoms with Gasteiger partial charge in [-0.3, -0.25) is 0 Å². The highest BCUT2D eigenvalue weighted by atomic mass is 14.3. The van der Waals surface area contributed by atoms with Crippen LogP contribution in [0.2, 0.25) is 0 Å². The van der Waals surface area contributed by atoms with Crippen LogP contribution in [-0.4, -0.2) is 0 Å². The van der Waals surface area contributed by atoms with Gasteiger partial charge in [0.25, 0.3) is 0 Å². The molecule has 0 N–H and O–H groups in total. The lowest BCUT2D eigenvalue weighted by Gasteiger charge is -2.29. The van der Waals surface area contributed by atoms with E-state index < -0.39 is 0 Å². The maximum absolute atomic E-state index is 2.38. The van der Waals surface area contributed by atoms with Gasteiger partial charge in [0.2, 0.25) is 0 Å². The Bertz CT molecular complexity index is 551. The zero-order valence-electron chi connectivity index (χ0n) is 11.9. The molecular formula is C19H22. The number of rotatable bonds is 3. The minimum absolute atomic E-state index is 0.253. The first kappa shape index (κ1) is 12.5. The molecule has 0 aromatic heterocycles. The number of fused-ring (bicyclic) bond motifs is 1. The van der Waals surface area contributed by atoms with E-state index >= 15 is 0 Å². The Hall–Kier alpha value is -1.56. The standard InChI is InChI=1S/C19H22/c1-19(2,17-9-4-3-5-10-17)14-16-13-12-15-8-6-7-11-18(15)16/h3-11,16H,12-14H2,1-2H3. The van der Waals surface area contributed by atoms with E-state index in [2.05, 4.69) is 68.4 Å². The zero-order chi connectivity index (χ0) is 13.3. The van der Waals surface area contributed by atoms with Gasteiger partial charge in [-0.25, -0.2) is 0 Å². The molecule has 1 aliphatic rings. The molecule has 1 atom stereocenters. The zero-order valence-corrected chi connectivity index (χ0v) is 11.9. The van der Waals surface area contributed by atoms with E-state index in [1.54, 1.807) is 11.1 Å². The summed E-state index contributed by atoms with van der Waals surface area (Å²) in [7, 11) is 0. The van der Waals surface area contributed by atoms with E-state index in [4.69, 9.17) is 0 Å². The number of aryl methyl sites for hydroxylation is 1. The van der Waals surface area contributed by atoms with Crippen molar-refractivity contribution in [1.82, 2.24) is 0 Å². The molecule has 19 heavy (non-hydrogen) atoms. The predicted octanol–water partition coefficient (Wildman–Crippen LogP) is 5.08. The third kappa shape index (κ3) is 2.45. The Balaban J connectivity index is 1.83. The Morgan fingerprint density at radius 2 is 1.63 bits per heavy atom. The lowest BCUT2D eigenvalue weighted by molar-refractivity contribution is 0.422. The van der Waals surface area contributed by atoms with Crippen LogP contribution in [0.25, 0.3) is 0 Å². The SMILES string of the molecule is CC(C)(CC1CCc2ccccc21)c1ccccc1. The molecule has 0 saturated carbocycles. The molecule has 0 nitrogen and oxygen atoms in total. The molecule has 98 valence electrons. The van der Waals surface area contributed by atoms with Crippen molar-refractivity contribution in [1.29, 1.82) is 0 Å². The van der Waals surface area contributed by atoms with Crippen LogP contribution in [0, 0.1) is 0 Å². The van der Waals surface area contributed by atoms with E-state index in [0.717, 1.165) is 5.92 Å². The van der Waals surface area contributed by atoms with Crippen LogP contribution in [0.5, 0.6) is 0 Å². The van der Waals surface area contributed by atoms with Gasteiger partial charge in [0.05, 0.1) is 0 Å². The van der Waals surface area contributed by atoms with Crippen LogP contribution in [-0.2, 0) is 11.8 Å². The van der Waals surface area contributed by atoms with Crippen molar-refractivity contribution in [2.75, 3.05) is 0 Å². The lowest BCUT2D eigenvalue weighted by atomic mass is 9.75. The minimum Gasteiger partial charge on any atom is -0.0622 e. The van der Waals surface area contributed by atoms with E-state index in [1.807, 2.05) is 0 Å². The second kappa shape index (κ2) is 4.85. The van der Waals surface area contributed by atoms with Crippen LogP contribution >= 0.6 is 0 Å². The summed E-state index contributed by atoms with van der Waals surface area (Å²) in [5, 5.41) is 0. The van der Waals surface area contributed by atoms with Crippen LogP contribution < -0.4 is 0 Å². The van der Waals surface area contributed by atoms with Gasteiger partial charge in [0, 0.05) is 0 Å². The average molecular weight is 250 g/mol. The summed E-state index contributed by atoms with van der Waals surface area (Å²) in [5.74, 6) is 0.728. The molecule has 0 saturated heterocycles. The van der Waals surface area contributed by atoms with Crippen LogP contribution in [0.3, 0.4) is 0 Å². The van der Waals surface area contributed by atoms with Crippen molar-refractivity contribution in [2.24, 2.45) is 0 Å². The fraction of sp³-hybridized carbons (Fsp3) is 0.368. The first-order valence-electron chi connectivity index (χ1n) is 7.30. The van der Waals surface area contributed by atoms with E-state index in [1.165, 1.54) is 24.8 Å². The highest BCUT2D eigenvalue weighted by Gasteiger charge is 2.29. The summed E-state index contributed by atoms with van der Waals surface area (Å²) >= 11 is 0. The fourth-order valence-corrected chi connectivity index (χ4v) is 3.48. The molecule has 0 bridgehead atoms. The molecule has 1 unspecified atom stereocenters. The molecular weight excluding hydrogens is 228 g/mol. The normalized spacial score (nSPS) is 18.3. The summed E-state index contributed by atoms with van der Waals surface area (Å²) in [6.45, 7) is 4.76. The van der Waals surface area contributed by atoms with E-state index in [9.17, 15) is 0 Å². The Labute approximate surface area is 116 Å². The topological polar surface area (TPSA) is 0 Å². The fourth-order valence-electron chi connectivity index (χ4n) is 3.48. The quantitative estimate of drug-likeness (QED) is 0.712. The predicted molar refractivity (Wildman–Crippen MR) is 81.6 cm³/mol. The van der Waals surface area contributed by atoms with Gasteiger partial charge in [-0.1, -0.05) is 68.4 Å². The third-order valence-electron chi connectivity index (χ3n) is 4.57. The molecule has 0 amide bonds. The van der Waals surface area contributed by atoms with Gasteiger partial charge in [-0.15, -0.1) is 0 Å². The monoisotopic (exact) mass is 250 g/mol. The molecule has 0 fully saturated rings. The molecule has 0 radical (unpaired) electrons. The van der Waals surface area contributed by atoms with E-state index in [-0.39, 0.29) is 5.41 Å². The molecule has 2 aromatic rings. The largest absolute Gasteiger partial charge is 0.0622 e. The molecule has 0 heteroatoms. The summed E-state index contributed by atoms with van der Waals surface area (Å²) < 4.78 is 0. The van der Waals surface area contributed by atoms with Crippen molar-refractivity contribution in [3.05, 3.63) is 71.3 Å². The Kier molecular flexibility index (Phi) is 3.18. The van der Waals surface area contributed by atoms with Gasteiger partial charge >= 0.3 is 0 Å². The van der Waals surface area contributed by atoms with Gasteiger partial charge in [-0.2, -0.15) is 0 Å². The molecule has 1 aliphatic carbocycles. The van der Waals surface area contributed by atoms with Crippen molar-refractivity contribution >= 4 is 0 Å². The molecule has 0 aliphatic heterocycles. The van der Waals surface area contributed by atoms with Crippen LogP contribution in [0.4, 0.5) is 0 Å². The van der Waals surface area contributed by atoms with Crippen molar-refractivity contribution in [3.63, 3.8) is 0 Å². The first-order chi connectivity index (χ1) is 9.17. The first-order valence-corrected chi connectivity index (χ1v) is 7.30. The van der Waals surface area contributed by atoms with Crippen LogP contribution in [0.1, 0.15) is 49.3 Å². The Morgan fingerprint density at radius 3 is 2.42 bits per heavy atom. The molecule has 0 spiro atoms. The van der Waals surface area contributed by atoms with Crippen molar-refractivity contribution in [2.45, 2.75) is 44.4 Å². The second-order valence-corrected chi connectivity index (χ2v) is 6.39. The number of hydrogen-bond donors (Lipinski definition) is 0. The Morgan fingerprint density at radius 1 is 0.947 bits per heavy atom. The highest BCUT2D eigenvalue weighted by Crippen LogP contribution is 2.42. The third-order valence-corrected chi connectivity index (χ3v) is 4.57. The highest BCUT2D eigenvalue weighted by molar-refractivity contribution is 5.36. The minimum atomic E-state index is 0.253. The summed E-state index contributed by atoms with van der Waals surface area (Å²) in [6.07, 6.45) is 3.81. The molecule has 2 aromatic carbocycles. The van der Waals surface area contributed by atoms with Crippen LogP contribution in [0.15, 0.2) is 54.6 Å². The molecule has 3 rings (SSSR count). The maximum Gasteiger partial charge on any atom is -0.00977 e. The van der Waals surface area contributed by atoms with Gasteiger partial charge in [0.1, 0.15) is 0 Å². The van der Waals surface area contributed by atoms with Gasteiger partial charge < -0.3 is 0 Å². The second-order valence-electron chi connectivity index (χ2n) is 6.39. The molecule has 0 heterocycles. The average Bonchev–Trinajstić information content (AvgIpc) is 2.83. The smallest absolute Gasteiger partial charge is 0.00977 e. The summed E-state index contributed by atoms with van der Waals surface area (Å²) in [4.78, 5) is 0.